The van der Waals surface area contributed by atoms with Crippen LogP contribution >= 0.6 is 22.7 Å². The number of benzene rings is 6. The van der Waals surface area contributed by atoms with Crippen molar-refractivity contribution in [3.63, 3.8) is 0 Å². The lowest BCUT2D eigenvalue weighted by molar-refractivity contribution is 1.17. The summed E-state index contributed by atoms with van der Waals surface area (Å²) in [5, 5.41) is 7.31. The highest BCUT2D eigenvalue weighted by Crippen LogP contribution is 2.45. The van der Waals surface area contributed by atoms with E-state index in [1.165, 1.54) is 91.5 Å². The Morgan fingerprint density at radius 1 is 0.347 bits per heavy atom. The highest BCUT2D eigenvalue weighted by molar-refractivity contribution is 7.28. The molecule has 0 N–H and O–H groups in total. The second-order valence-corrected chi connectivity index (χ2v) is 14.6. The molecule has 0 saturated heterocycles. The van der Waals surface area contributed by atoms with Crippen molar-refractivity contribution in [2.45, 2.75) is 0 Å². The number of hydrogen-bond acceptors (Lipinski definition) is 2. The fourth-order valence-corrected chi connectivity index (χ4v) is 10.0. The molecule has 0 aliphatic heterocycles. The van der Waals surface area contributed by atoms with Crippen LogP contribution < -0.4 is 0 Å². The van der Waals surface area contributed by atoms with Crippen LogP contribution in [0.3, 0.4) is 0 Å². The lowest BCUT2D eigenvalue weighted by Crippen LogP contribution is -1.95. The predicted molar refractivity (Wildman–Crippen MR) is 211 cm³/mol. The van der Waals surface area contributed by atoms with Crippen molar-refractivity contribution >= 4 is 86.7 Å². The van der Waals surface area contributed by atoms with E-state index in [0.717, 1.165) is 0 Å². The summed E-state index contributed by atoms with van der Waals surface area (Å²) in [4.78, 5) is 1.29. The quantitative estimate of drug-likeness (QED) is 0.178. The normalized spacial score (nSPS) is 12.1. The molecule has 49 heavy (non-hydrogen) atoms. The van der Waals surface area contributed by atoms with Gasteiger partial charge in [0.2, 0.25) is 0 Å². The molecule has 6 aromatic carbocycles. The molecule has 3 nitrogen and oxygen atoms in total. The Bertz CT molecular complexity index is 3040. The van der Waals surface area contributed by atoms with E-state index in [0.29, 0.717) is 0 Å². The van der Waals surface area contributed by atoms with Gasteiger partial charge in [-0.2, -0.15) is 0 Å². The van der Waals surface area contributed by atoms with E-state index < -0.39 is 0 Å². The Kier molecular flexibility index (Phi) is 5.70. The van der Waals surface area contributed by atoms with Crippen molar-refractivity contribution in [3.8, 4) is 27.5 Å². The zero-order valence-electron chi connectivity index (χ0n) is 26.2. The number of para-hydroxylation sites is 4. The second kappa shape index (κ2) is 10.3. The summed E-state index contributed by atoms with van der Waals surface area (Å²) in [7, 11) is 0. The molecular weight excluding hydrogens is 635 g/mol. The average molecular weight is 662 g/mol. The monoisotopic (exact) mass is 661 g/mol. The van der Waals surface area contributed by atoms with Gasteiger partial charge < -0.3 is 13.7 Å². The molecule has 0 bridgehead atoms. The van der Waals surface area contributed by atoms with Gasteiger partial charge in [0.05, 0.1) is 42.5 Å². The van der Waals surface area contributed by atoms with Crippen LogP contribution in [0.25, 0.3) is 91.5 Å². The van der Waals surface area contributed by atoms with Crippen molar-refractivity contribution in [2.24, 2.45) is 0 Å². The summed E-state index contributed by atoms with van der Waals surface area (Å²) >= 11 is 3.74. The third-order valence-corrected chi connectivity index (χ3v) is 12.2. The summed E-state index contributed by atoms with van der Waals surface area (Å²) in [5.41, 5.74) is 12.2. The molecule has 0 spiro atoms. The van der Waals surface area contributed by atoms with E-state index in [9.17, 15) is 0 Å². The number of rotatable bonds is 4. The van der Waals surface area contributed by atoms with Gasteiger partial charge in [-0.3, -0.25) is 0 Å². The van der Waals surface area contributed by atoms with E-state index in [-0.39, 0.29) is 0 Å². The molecule has 0 saturated carbocycles. The Hall–Kier alpha value is -5.88. The summed E-state index contributed by atoms with van der Waals surface area (Å²) in [6.45, 7) is 0. The standard InChI is InChI=1S/C44H27N3S2/c1-3-11-29(12-4-1)45-36-17-9-7-15-32(36)34-25-28(19-21-38(34)45)42-27-41-44(49-42)43-40(23-24-48-43)47(41)31-20-22-39-35(26-31)33-16-8-10-18-37(33)46(39)30-13-5-2-6-14-30/h1-27H. The molecule has 230 valence electrons. The van der Waals surface area contributed by atoms with Crippen LogP contribution in [-0.4, -0.2) is 13.7 Å². The molecule has 0 unspecified atom stereocenters. The minimum Gasteiger partial charge on any atom is -0.309 e. The first kappa shape index (κ1) is 27.1. The maximum absolute atomic E-state index is 2.47. The summed E-state index contributed by atoms with van der Waals surface area (Å²) in [5.74, 6) is 0. The molecule has 11 aromatic rings. The molecule has 0 atom stereocenters. The number of fused-ring (bicyclic) bond motifs is 9. The molecule has 5 aromatic heterocycles. The van der Waals surface area contributed by atoms with Crippen molar-refractivity contribution in [1.29, 1.82) is 0 Å². The van der Waals surface area contributed by atoms with E-state index in [1.807, 2.05) is 22.7 Å². The first-order chi connectivity index (χ1) is 24.3. The molecular formula is C44H27N3S2. The van der Waals surface area contributed by atoms with Crippen LogP contribution in [0.1, 0.15) is 0 Å². The third kappa shape index (κ3) is 3.88. The average Bonchev–Trinajstić information content (AvgIpc) is 3.97. The summed E-state index contributed by atoms with van der Waals surface area (Å²) in [6.07, 6.45) is 0. The van der Waals surface area contributed by atoms with E-state index in [4.69, 9.17) is 0 Å². The Morgan fingerprint density at radius 2 is 0.898 bits per heavy atom. The maximum Gasteiger partial charge on any atom is 0.0711 e. The van der Waals surface area contributed by atoms with E-state index >= 15 is 0 Å². The van der Waals surface area contributed by atoms with Crippen LogP contribution in [-0.2, 0) is 0 Å². The van der Waals surface area contributed by atoms with Crippen molar-refractivity contribution in [1.82, 2.24) is 13.7 Å². The lowest BCUT2D eigenvalue weighted by atomic mass is 10.1. The van der Waals surface area contributed by atoms with Gasteiger partial charge in [0.15, 0.2) is 0 Å². The summed E-state index contributed by atoms with van der Waals surface area (Å²) < 4.78 is 9.93. The first-order valence-electron chi connectivity index (χ1n) is 16.5. The molecule has 5 heterocycles. The highest BCUT2D eigenvalue weighted by atomic mass is 32.1. The van der Waals surface area contributed by atoms with Crippen molar-refractivity contribution < 1.29 is 0 Å². The Morgan fingerprint density at radius 3 is 1.57 bits per heavy atom. The fraction of sp³-hybridized carbons (Fsp3) is 0. The predicted octanol–water partition coefficient (Wildman–Crippen LogP) is 12.8. The van der Waals surface area contributed by atoms with Crippen LogP contribution in [0.15, 0.2) is 163 Å². The van der Waals surface area contributed by atoms with Gasteiger partial charge in [0.1, 0.15) is 0 Å². The van der Waals surface area contributed by atoms with Gasteiger partial charge in [-0.25, -0.2) is 0 Å². The summed E-state index contributed by atoms with van der Waals surface area (Å²) in [6, 6.07) is 57.5. The van der Waals surface area contributed by atoms with E-state index in [1.54, 1.807) is 0 Å². The van der Waals surface area contributed by atoms with Crippen LogP contribution in [0.2, 0.25) is 0 Å². The topological polar surface area (TPSA) is 14.8 Å². The Balaban J connectivity index is 1.11. The van der Waals surface area contributed by atoms with Crippen LogP contribution in [0.5, 0.6) is 0 Å². The number of aromatic nitrogens is 3. The largest absolute Gasteiger partial charge is 0.309 e. The zero-order valence-corrected chi connectivity index (χ0v) is 27.9. The maximum atomic E-state index is 2.47. The van der Waals surface area contributed by atoms with Gasteiger partial charge in [0.25, 0.3) is 0 Å². The SMILES string of the molecule is c1ccc(-n2c3ccccc3c3cc(-c4cc5c(s4)c4sccc4n5-c4ccc5c(c4)c4ccccc4n5-c4ccccc4)ccc32)cc1. The smallest absolute Gasteiger partial charge is 0.0711 e. The number of nitrogens with zero attached hydrogens (tertiary/aromatic N) is 3. The van der Waals surface area contributed by atoms with Gasteiger partial charge in [-0.05, 0) is 89.8 Å². The highest BCUT2D eigenvalue weighted by Gasteiger charge is 2.20. The van der Waals surface area contributed by atoms with E-state index in [2.05, 4.69) is 177 Å². The Labute approximate surface area is 289 Å². The molecule has 0 aliphatic rings. The minimum atomic E-state index is 1.18. The van der Waals surface area contributed by atoms with Gasteiger partial charge in [-0.15, -0.1) is 22.7 Å². The molecule has 11 rings (SSSR count). The van der Waals surface area contributed by atoms with Gasteiger partial charge in [-0.1, -0.05) is 78.9 Å². The van der Waals surface area contributed by atoms with Gasteiger partial charge in [0, 0.05) is 43.5 Å². The molecule has 0 fully saturated rings. The fourth-order valence-electron chi connectivity index (χ4n) is 7.85. The zero-order chi connectivity index (χ0) is 32.1. The molecule has 0 aliphatic carbocycles. The van der Waals surface area contributed by atoms with Crippen molar-refractivity contribution in [2.75, 3.05) is 0 Å². The first-order valence-corrected chi connectivity index (χ1v) is 18.2. The minimum absolute atomic E-state index is 1.18. The van der Waals surface area contributed by atoms with Crippen LogP contribution in [0, 0.1) is 0 Å². The molecule has 5 heteroatoms. The van der Waals surface area contributed by atoms with Crippen LogP contribution in [0.4, 0.5) is 0 Å². The number of hydrogen-bond donors (Lipinski definition) is 0. The van der Waals surface area contributed by atoms with Gasteiger partial charge >= 0.3 is 0 Å². The molecule has 0 amide bonds. The lowest BCUT2D eigenvalue weighted by Gasteiger charge is -2.09. The third-order valence-electron chi connectivity index (χ3n) is 9.95. The van der Waals surface area contributed by atoms with Crippen molar-refractivity contribution in [3.05, 3.63) is 163 Å². The second-order valence-electron chi connectivity index (χ2n) is 12.6. The molecule has 0 radical (unpaired) electrons. The number of thiophene rings is 2.